The lowest BCUT2D eigenvalue weighted by atomic mass is 10.2. The van der Waals surface area contributed by atoms with Gasteiger partial charge in [-0.05, 0) is 47.3 Å². The zero-order valence-corrected chi connectivity index (χ0v) is 11.7. The van der Waals surface area contributed by atoms with Gasteiger partial charge in [0, 0.05) is 13.1 Å². The van der Waals surface area contributed by atoms with E-state index in [4.69, 9.17) is 5.10 Å². The number of nitrogens with zero attached hydrogens (tertiary/aromatic N) is 3. The second-order valence-electron chi connectivity index (χ2n) is 4.64. The molecule has 4 heteroatoms. The first-order valence-electron chi connectivity index (χ1n) is 6.11. The predicted molar refractivity (Wildman–Crippen MR) is 73.7 cm³/mol. The highest BCUT2D eigenvalue weighted by molar-refractivity contribution is 9.10. The van der Waals surface area contributed by atoms with E-state index in [1.54, 1.807) is 0 Å². The third kappa shape index (κ3) is 1.75. The van der Waals surface area contributed by atoms with Crippen LogP contribution in [0.5, 0.6) is 0 Å². The number of hydrogen-bond donors (Lipinski definition) is 0. The van der Waals surface area contributed by atoms with E-state index in [-0.39, 0.29) is 0 Å². The van der Waals surface area contributed by atoms with Crippen molar-refractivity contribution in [3.05, 3.63) is 28.5 Å². The fraction of sp³-hybridized carbons (Fsp3) is 0.462. The number of aromatic nitrogens is 2. The molecule has 2 aromatic heterocycles. The van der Waals surface area contributed by atoms with Gasteiger partial charge in [-0.15, -0.1) is 0 Å². The van der Waals surface area contributed by atoms with Crippen molar-refractivity contribution in [3.8, 4) is 0 Å². The maximum absolute atomic E-state index is 4.69. The van der Waals surface area contributed by atoms with Crippen LogP contribution >= 0.6 is 15.9 Å². The van der Waals surface area contributed by atoms with Crippen LogP contribution in [-0.4, -0.2) is 22.7 Å². The van der Waals surface area contributed by atoms with Crippen molar-refractivity contribution in [1.82, 2.24) is 9.61 Å². The molecule has 1 aliphatic carbocycles. The Labute approximate surface area is 110 Å². The van der Waals surface area contributed by atoms with Crippen LogP contribution in [0.3, 0.4) is 0 Å². The van der Waals surface area contributed by atoms with Gasteiger partial charge in [-0.1, -0.05) is 13.0 Å². The molecule has 3 rings (SSSR count). The molecule has 1 aliphatic rings. The summed E-state index contributed by atoms with van der Waals surface area (Å²) in [5.41, 5.74) is 3.69. The van der Waals surface area contributed by atoms with E-state index in [2.05, 4.69) is 46.9 Å². The topological polar surface area (TPSA) is 20.5 Å². The molecule has 0 radical (unpaired) electrons. The van der Waals surface area contributed by atoms with Gasteiger partial charge in [0.25, 0.3) is 0 Å². The van der Waals surface area contributed by atoms with E-state index in [1.807, 2.05) is 10.6 Å². The maximum atomic E-state index is 4.69. The molecule has 1 saturated carbocycles. The number of anilines is 1. The van der Waals surface area contributed by atoms with Crippen LogP contribution in [0.4, 0.5) is 5.69 Å². The minimum atomic E-state index is 0.715. The highest BCUT2D eigenvalue weighted by Crippen LogP contribution is 2.35. The van der Waals surface area contributed by atoms with Gasteiger partial charge in [-0.25, -0.2) is 4.52 Å². The van der Waals surface area contributed by atoms with Crippen LogP contribution in [-0.2, 0) is 6.42 Å². The SMILES string of the molecule is CCc1nn2c(Br)cccc2c1N(C)C1CC1. The molecule has 0 spiro atoms. The minimum Gasteiger partial charge on any atom is -0.368 e. The van der Waals surface area contributed by atoms with Crippen LogP contribution in [0.1, 0.15) is 25.5 Å². The second-order valence-corrected chi connectivity index (χ2v) is 5.45. The molecule has 0 aliphatic heterocycles. The van der Waals surface area contributed by atoms with Gasteiger partial charge in [-0.3, -0.25) is 0 Å². The Balaban J connectivity index is 2.22. The van der Waals surface area contributed by atoms with Crippen LogP contribution in [0, 0.1) is 0 Å². The molecule has 0 N–H and O–H groups in total. The molecule has 0 unspecified atom stereocenters. The quantitative estimate of drug-likeness (QED) is 0.810. The zero-order valence-electron chi connectivity index (χ0n) is 10.2. The molecule has 0 amide bonds. The molecule has 90 valence electrons. The normalized spacial score (nSPS) is 15.5. The highest BCUT2D eigenvalue weighted by Gasteiger charge is 2.29. The molecular formula is C13H16BrN3. The van der Waals surface area contributed by atoms with Gasteiger partial charge in [0.05, 0.1) is 16.9 Å². The Bertz CT molecular complexity index is 557. The second kappa shape index (κ2) is 4.02. The van der Waals surface area contributed by atoms with Crippen molar-refractivity contribution < 1.29 is 0 Å². The number of rotatable bonds is 3. The molecule has 0 atom stereocenters. The third-order valence-electron chi connectivity index (χ3n) is 3.44. The van der Waals surface area contributed by atoms with E-state index in [0.29, 0.717) is 6.04 Å². The summed E-state index contributed by atoms with van der Waals surface area (Å²) >= 11 is 3.56. The third-order valence-corrected chi connectivity index (χ3v) is 4.04. The van der Waals surface area contributed by atoms with E-state index < -0.39 is 0 Å². The van der Waals surface area contributed by atoms with Crippen LogP contribution in [0.2, 0.25) is 0 Å². The van der Waals surface area contributed by atoms with Gasteiger partial charge in [0.2, 0.25) is 0 Å². The van der Waals surface area contributed by atoms with E-state index in [9.17, 15) is 0 Å². The number of hydrogen-bond acceptors (Lipinski definition) is 2. The lowest BCUT2D eigenvalue weighted by Crippen LogP contribution is -2.20. The average molecular weight is 294 g/mol. The fourth-order valence-corrected chi connectivity index (χ4v) is 2.76. The molecule has 0 bridgehead atoms. The van der Waals surface area contributed by atoms with Crippen molar-refractivity contribution in [2.45, 2.75) is 32.2 Å². The summed E-state index contributed by atoms with van der Waals surface area (Å²) in [6, 6.07) is 6.96. The van der Waals surface area contributed by atoms with Gasteiger partial charge in [0.15, 0.2) is 0 Å². The van der Waals surface area contributed by atoms with Crippen molar-refractivity contribution in [2.75, 3.05) is 11.9 Å². The first-order valence-corrected chi connectivity index (χ1v) is 6.90. The molecule has 1 fully saturated rings. The van der Waals surface area contributed by atoms with Crippen molar-refractivity contribution in [3.63, 3.8) is 0 Å². The molecule has 0 aromatic carbocycles. The summed E-state index contributed by atoms with van der Waals surface area (Å²) in [6.45, 7) is 2.17. The van der Waals surface area contributed by atoms with Gasteiger partial charge >= 0.3 is 0 Å². The van der Waals surface area contributed by atoms with Crippen molar-refractivity contribution in [1.29, 1.82) is 0 Å². The molecule has 2 heterocycles. The van der Waals surface area contributed by atoms with Crippen LogP contribution in [0.15, 0.2) is 22.8 Å². The Morgan fingerprint density at radius 3 is 2.88 bits per heavy atom. The number of pyridine rings is 1. The van der Waals surface area contributed by atoms with Crippen LogP contribution < -0.4 is 4.90 Å². The monoisotopic (exact) mass is 293 g/mol. The summed E-state index contributed by atoms with van der Waals surface area (Å²) in [5, 5.41) is 4.69. The zero-order chi connectivity index (χ0) is 12.0. The Morgan fingerprint density at radius 1 is 1.47 bits per heavy atom. The van der Waals surface area contributed by atoms with Crippen molar-refractivity contribution in [2.24, 2.45) is 0 Å². The molecule has 2 aromatic rings. The number of fused-ring (bicyclic) bond motifs is 1. The fourth-order valence-electron chi connectivity index (χ4n) is 2.34. The minimum absolute atomic E-state index is 0.715. The van der Waals surface area contributed by atoms with E-state index in [0.717, 1.165) is 11.0 Å². The lowest BCUT2D eigenvalue weighted by Gasteiger charge is -2.18. The molecule has 17 heavy (non-hydrogen) atoms. The largest absolute Gasteiger partial charge is 0.368 e. The van der Waals surface area contributed by atoms with Gasteiger partial charge in [-0.2, -0.15) is 5.10 Å². The van der Waals surface area contributed by atoms with Crippen LogP contribution in [0.25, 0.3) is 5.52 Å². The Hall–Kier alpha value is -1.03. The van der Waals surface area contributed by atoms with Gasteiger partial charge in [0.1, 0.15) is 4.60 Å². The first-order chi connectivity index (χ1) is 8.22. The smallest absolute Gasteiger partial charge is 0.108 e. The Kier molecular flexibility index (Phi) is 2.62. The summed E-state index contributed by atoms with van der Waals surface area (Å²) in [6.07, 6.45) is 3.59. The van der Waals surface area contributed by atoms with Crippen molar-refractivity contribution >= 4 is 27.1 Å². The van der Waals surface area contributed by atoms with Gasteiger partial charge < -0.3 is 4.90 Å². The predicted octanol–water partition coefficient (Wildman–Crippen LogP) is 3.26. The summed E-state index contributed by atoms with van der Waals surface area (Å²) in [7, 11) is 2.19. The van der Waals surface area contributed by atoms with E-state index >= 15 is 0 Å². The van der Waals surface area contributed by atoms with E-state index in [1.165, 1.54) is 29.7 Å². The maximum Gasteiger partial charge on any atom is 0.108 e. The highest BCUT2D eigenvalue weighted by atomic mass is 79.9. The molecular weight excluding hydrogens is 278 g/mol. The lowest BCUT2D eigenvalue weighted by molar-refractivity contribution is 0.869. The number of aryl methyl sites for hydroxylation is 1. The molecule has 0 saturated heterocycles. The first kappa shape index (κ1) is 11.1. The average Bonchev–Trinajstić information content (AvgIpc) is 3.09. The number of halogens is 1. The summed E-state index contributed by atoms with van der Waals surface area (Å²) < 4.78 is 3.01. The Morgan fingerprint density at radius 2 is 2.24 bits per heavy atom. The molecule has 3 nitrogen and oxygen atoms in total. The summed E-state index contributed by atoms with van der Waals surface area (Å²) in [5.74, 6) is 0. The summed E-state index contributed by atoms with van der Waals surface area (Å²) in [4.78, 5) is 2.40. The standard InChI is InChI=1S/C13H16BrN3/c1-3-10-13(16(2)9-7-8-9)11-5-4-6-12(14)17(11)15-10/h4-6,9H,3,7-8H2,1-2H3.